The lowest BCUT2D eigenvalue weighted by atomic mass is 9.95. The Morgan fingerprint density at radius 3 is 2.45 bits per heavy atom. The zero-order valence-electron chi connectivity index (χ0n) is 15.8. The molecule has 0 spiro atoms. The van der Waals surface area contributed by atoms with Crippen molar-refractivity contribution in [3.8, 4) is 11.8 Å². The molecule has 0 radical (unpaired) electrons. The molecule has 0 N–H and O–H groups in total. The van der Waals surface area contributed by atoms with Gasteiger partial charge in [-0.2, -0.15) is 5.26 Å². The zero-order valence-corrected chi connectivity index (χ0v) is 15.8. The molecular weight excluding hydrogens is 368 g/mol. The SMILES string of the molecule is N#Cc1ccc(OCc2ccc(F)cc2F)c(C2=C(c3ccccc3)CCC2)c1. The summed E-state index contributed by atoms with van der Waals surface area (Å²) in [5.41, 5.74) is 5.26. The van der Waals surface area contributed by atoms with Crippen molar-refractivity contribution in [2.24, 2.45) is 0 Å². The van der Waals surface area contributed by atoms with Crippen molar-refractivity contribution < 1.29 is 13.5 Å². The van der Waals surface area contributed by atoms with E-state index >= 15 is 0 Å². The number of allylic oxidation sites excluding steroid dienone is 2. The van der Waals surface area contributed by atoms with Crippen LogP contribution in [0.2, 0.25) is 0 Å². The predicted molar refractivity (Wildman–Crippen MR) is 109 cm³/mol. The summed E-state index contributed by atoms with van der Waals surface area (Å²) < 4.78 is 33.1. The summed E-state index contributed by atoms with van der Waals surface area (Å²) in [5, 5.41) is 9.36. The van der Waals surface area contributed by atoms with Crippen LogP contribution in [0.5, 0.6) is 5.75 Å². The third-order valence-corrected chi connectivity index (χ3v) is 5.17. The molecule has 4 heteroatoms. The van der Waals surface area contributed by atoms with Crippen LogP contribution in [0.3, 0.4) is 0 Å². The molecule has 0 aromatic heterocycles. The number of nitriles is 1. The van der Waals surface area contributed by atoms with Crippen molar-refractivity contribution in [3.05, 3.63) is 101 Å². The number of hydrogen-bond acceptors (Lipinski definition) is 2. The first-order valence-corrected chi connectivity index (χ1v) is 9.54. The maximum Gasteiger partial charge on any atom is 0.132 e. The van der Waals surface area contributed by atoms with Crippen LogP contribution in [0, 0.1) is 23.0 Å². The monoisotopic (exact) mass is 387 g/mol. The largest absolute Gasteiger partial charge is 0.488 e. The van der Waals surface area contributed by atoms with Crippen LogP contribution in [0.1, 0.15) is 41.5 Å². The normalized spacial score (nSPS) is 13.4. The van der Waals surface area contributed by atoms with Gasteiger partial charge in [0.2, 0.25) is 0 Å². The fourth-order valence-electron chi connectivity index (χ4n) is 3.75. The van der Waals surface area contributed by atoms with E-state index in [1.54, 1.807) is 12.1 Å². The first kappa shape index (κ1) is 18.9. The van der Waals surface area contributed by atoms with Gasteiger partial charge in [0.1, 0.15) is 24.0 Å². The molecule has 2 nitrogen and oxygen atoms in total. The van der Waals surface area contributed by atoms with E-state index in [0.717, 1.165) is 42.0 Å². The second kappa shape index (κ2) is 8.28. The van der Waals surface area contributed by atoms with E-state index in [9.17, 15) is 14.0 Å². The molecule has 0 amide bonds. The van der Waals surface area contributed by atoms with E-state index in [1.807, 2.05) is 24.3 Å². The maximum absolute atomic E-state index is 14.0. The summed E-state index contributed by atoms with van der Waals surface area (Å²) >= 11 is 0. The van der Waals surface area contributed by atoms with Gasteiger partial charge >= 0.3 is 0 Å². The molecule has 0 saturated carbocycles. The Labute approximate surface area is 168 Å². The van der Waals surface area contributed by atoms with E-state index in [0.29, 0.717) is 11.3 Å². The number of hydrogen-bond donors (Lipinski definition) is 0. The lowest BCUT2D eigenvalue weighted by Gasteiger charge is -2.15. The lowest BCUT2D eigenvalue weighted by Crippen LogP contribution is -2.02. The molecular formula is C25H19F2NO. The van der Waals surface area contributed by atoms with E-state index in [-0.39, 0.29) is 12.2 Å². The minimum Gasteiger partial charge on any atom is -0.488 e. The third kappa shape index (κ3) is 4.05. The molecule has 4 rings (SSSR count). The van der Waals surface area contributed by atoms with E-state index < -0.39 is 11.6 Å². The average Bonchev–Trinajstić information content (AvgIpc) is 3.23. The molecule has 3 aromatic carbocycles. The number of benzene rings is 3. The van der Waals surface area contributed by atoms with Gasteiger partial charge in [0.25, 0.3) is 0 Å². The Morgan fingerprint density at radius 1 is 0.897 bits per heavy atom. The Kier molecular flexibility index (Phi) is 5.39. The molecule has 0 unspecified atom stereocenters. The van der Waals surface area contributed by atoms with Crippen LogP contribution in [0.15, 0.2) is 66.7 Å². The zero-order chi connectivity index (χ0) is 20.2. The maximum atomic E-state index is 14.0. The molecule has 0 bridgehead atoms. The molecule has 0 saturated heterocycles. The molecule has 1 aliphatic carbocycles. The van der Waals surface area contributed by atoms with Crippen LogP contribution in [-0.2, 0) is 6.61 Å². The molecule has 0 fully saturated rings. The van der Waals surface area contributed by atoms with Crippen molar-refractivity contribution in [1.82, 2.24) is 0 Å². The first-order chi connectivity index (χ1) is 14.2. The van der Waals surface area contributed by atoms with Crippen molar-refractivity contribution in [2.75, 3.05) is 0 Å². The van der Waals surface area contributed by atoms with Crippen LogP contribution < -0.4 is 4.74 Å². The fourth-order valence-corrected chi connectivity index (χ4v) is 3.75. The highest BCUT2D eigenvalue weighted by molar-refractivity contribution is 5.94. The van der Waals surface area contributed by atoms with Crippen molar-refractivity contribution in [3.63, 3.8) is 0 Å². The quantitative estimate of drug-likeness (QED) is 0.500. The fraction of sp³-hybridized carbons (Fsp3) is 0.160. The summed E-state index contributed by atoms with van der Waals surface area (Å²) in [6.45, 7) is -0.0149. The first-order valence-electron chi connectivity index (χ1n) is 9.54. The lowest BCUT2D eigenvalue weighted by molar-refractivity contribution is 0.298. The van der Waals surface area contributed by atoms with E-state index in [2.05, 4.69) is 18.2 Å². The number of ether oxygens (including phenoxy) is 1. The van der Waals surface area contributed by atoms with Gasteiger partial charge in [0.15, 0.2) is 0 Å². The molecule has 29 heavy (non-hydrogen) atoms. The number of halogens is 2. The summed E-state index contributed by atoms with van der Waals surface area (Å²) in [4.78, 5) is 0. The Morgan fingerprint density at radius 2 is 1.69 bits per heavy atom. The highest BCUT2D eigenvalue weighted by atomic mass is 19.1. The second-order valence-electron chi connectivity index (χ2n) is 7.02. The van der Waals surface area contributed by atoms with E-state index in [4.69, 9.17) is 4.74 Å². The highest BCUT2D eigenvalue weighted by Gasteiger charge is 2.21. The van der Waals surface area contributed by atoms with Crippen LogP contribution >= 0.6 is 0 Å². The van der Waals surface area contributed by atoms with Crippen molar-refractivity contribution in [2.45, 2.75) is 25.9 Å². The Bertz CT molecular complexity index is 1110. The smallest absolute Gasteiger partial charge is 0.132 e. The average molecular weight is 387 g/mol. The van der Waals surface area contributed by atoms with Gasteiger partial charge in [-0.3, -0.25) is 0 Å². The molecule has 0 heterocycles. The Balaban J connectivity index is 1.72. The highest BCUT2D eigenvalue weighted by Crippen LogP contribution is 2.43. The van der Waals surface area contributed by atoms with Gasteiger partial charge in [0.05, 0.1) is 11.6 Å². The van der Waals surface area contributed by atoms with Gasteiger partial charge in [-0.05, 0) is 66.3 Å². The van der Waals surface area contributed by atoms with Gasteiger partial charge in [-0.15, -0.1) is 0 Å². The second-order valence-corrected chi connectivity index (χ2v) is 7.02. The molecule has 1 aliphatic rings. The van der Waals surface area contributed by atoms with Crippen LogP contribution in [-0.4, -0.2) is 0 Å². The minimum absolute atomic E-state index is 0.0149. The van der Waals surface area contributed by atoms with Gasteiger partial charge < -0.3 is 4.74 Å². The molecule has 144 valence electrons. The van der Waals surface area contributed by atoms with Gasteiger partial charge in [0, 0.05) is 17.2 Å². The van der Waals surface area contributed by atoms with Crippen molar-refractivity contribution >= 4 is 11.1 Å². The predicted octanol–water partition coefficient (Wildman–Crippen LogP) is 6.51. The Hall–Kier alpha value is -3.45. The van der Waals surface area contributed by atoms with Crippen molar-refractivity contribution in [1.29, 1.82) is 5.26 Å². The number of rotatable bonds is 5. The standard InChI is InChI=1S/C25H19F2NO/c26-20-11-10-19(24(27)14-20)16-29-25-12-9-17(15-28)13-23(25)22-8-4-7-21(22)18-5-2-1-3-6-18/h1-3,5-6,9-14H,4,7-8,16H2. The minimum atomic E-state index is -0.634. The number of nitrogens with zero attached hydrogens (tertiary/aromatic N) is 1. The van der Waals surface area contributed by atoms with Crippen LogP contribution in [0.4, 0.5) is 8.78 Å². The van der Waals surface area contributed by atoms with Gasteiger partial charge in [-0.25, -0.2) is 8.78 Å². The third-order valence-electron chi connectivity index (χ3n) is 5.17. The molecule has 3 aromatic rings. The summed E-state index contributed by atoms with van der Waals surface area (Å²) in [6.07, 6.45) is 2.88. The molecule has 0 atom stereocenters. The van der Waals surface area contributed by atoms with Crippen LogP contribution in [0.25, 0.3) is 11.1 Å². The summed E-state index contributed by atoms with van der Waals surface area (Å²) in [6, 6.07) is 21.1. The topological polar surface area (TPSA) is 33.0 Å². The van der Waals surface area contributed by atoms with E-state index in [1.165, 1.54) is 17.7 Å². The molecule has 0 aliphatic heterocycles. The van der Waals surface area contributed by atoms with Gasteiger partial charge in [-0.1, -0.05) is 30.3 Å². The summed E-state index contributed by atoms with van der Waals surface area (Å²) in [5.74, 6) is -0.655. The summed E-state index contributed by atoms with van der Waals surface area (Å²) in [7, 11) is 0.